The van der Waals surface area contributed by atoms with Gasteiger partial charge in [0.2, 0.25) is 0 Å². The number of nitrogens with zero attached hydrogens (tertiary/aromatic N) is 2. The lowest BCUT2D eigenvalue weighted by Crippen LogP contribution is -2.54. The minimum atomic E-state index is -0.166. The first kappa shape index (κ1) is 22.1. The summed E-state index contributed by atoms with van der Waals surface area (Å²) >= 11 is 0. The van der Waals surface area contributed by atoms with Crippen molar-refractivity contribution in [2.75, 3.05) is 0 Å². The second-order valence-electron chi connectivity index (χ2n) is 11.7. The van der Waals surface area contributed by atoms with Crippen molar-refractivity contribution < 1.29 is 9.90 Å². The Morgan fingerprint density at radius 2 is 1.75 bits per heavy atom. The highest BCUT2D eigenvalue weighted by Crippen LogP contribution is 2.67. The summed E-state index contributed by atoms with van der Waals surface area (Å²) in [5.74, 6) is 3.38. The monoisotopic (exact) mass is 437 g/mol. The average Bonchev–Trinajstić information content (AvgIpc) is 3.15. The second-order valence-corrected chi connectivity index (χ2v) is 11.7. The molecule has 32 heavy (non-hydrogen) atoms. The van der Waals surface area contributed by atoms with Crippen molar-refractivity contribution in [3.05, 3.63) is 30.1 Å². The fourth-order valence-electron chi connectivity index (χ4n) is 8.71. The molecule has 0 radical (unpaired) electrons. The van der Waals surface area contributed by atoms with E-state index in [0.717, 1.165) is 36.3 Å². The number of aliphatic hydroxyl groups excluding tert-OH is 1. The molecule has 0 saturated heterocycles. The van der Waals surface area contributed by atoms with Gasteiger partial charge in [0.15, 0.2) is 0 Å². The predicted molar refractivity (Wildman–Crippen MR) is 126 cm³/mol. The lowest BCUT2D eigenvalue weighted by atomic mass is 9.44. The number of amides is 1. The number of nitrogens with one attached hydrogen (secondary N) is 1. The molecule has 0 spiro atoms. The molecule has 5 heteroatoms. The molecule has 4 aliphatic carbocycles. The van der Waals surface area contributed by atoms with Gasteiger partial charge < -0.3 is 5.11 Å². The second kappa shape index (κ2) is 8.23. The number of hydrazone groups is 1. The smallest absolute Gasteiger partial charge is 0.271 e. The minimum Gasteiger partial charge on any atom is -0.393 e. The van der Waals surface area contributed by atoms with Gasteiger partial charge in [0.05, 0.1) is 6.10 Å². The molecule has 5 rings (SSSR count). The standard InChI is InChI=1S/C27H39N3O2/c1-17(29-30-25(32)18-10-14-28-15-11-18)22-6-7-23-21-5-4-19-16-20(31)8-12-26(19,2)24(21)9-13-27(22,23)3/h10-11,14-15,19-24,31H,4-9,12-13,16H2,1-3H3,(H,30,32)/b29-17+/t19-,20+,21-,22-,23+,24-,26-,27-/m0/s1. The van der Waals surface area contributed by atoms with Gasteiger partial charge in [-0.25, -0.2) is 5.43 Å². The number of hydrogen-bond donors (Lipinski definition) is 2. The van der Waals surface area contributed by atoms with E-state index in [1.54, 1.807) is 24.5 Å². The van der Waals surface area contributed by atoms with Crippen LogP contribution in [0.5, 0.6) is 0 Å². The molecular formula is C27H39N3O2. The molecule has 1 aromatic rings. The first-order valence-corrected chi connectivity index (χ1v) is 12.8. The van der Waals surface area contributed by atoms with Crippen LogP contribution in [0.4, 0.5) is 0 Å². The van der Waals surface area contributed by atoms with Crippen molar-refractivity contribution >= 4 is 11.6 Å². The van der Waals surface area contributed by atoms with Crippen LogP contribution in [0.1, 0.15) is 88.9 Å². The normalized spacial score (nSPS) is 43.7. The molecule has 1 heterocycles. The molecule has 4 saturated carbocycles. The zero-order valence-electron chi connectivity index (χ0n) is 19.9. The van der Waals surface area contributed by atoms with Crippen LogP contribution in [0.25, 0.3) is 0 Å². The SMILES string of the molecule is C/C(=N\NC(=O)c1ccncc1)[C@@H]1CC[C@@H]2[C@@H]3CC[C@H]4C[C@H](O)CC[C@]4(C)[C@H]3CC[C@]21C. The highest BCUT2D eigenvalue weighted by atomic mass is 16.3. The number of carbonyl (C=O) groups is 1. The van der Waals surface area contributed by atoms with E-state index in [9.17, 15) is 9.90 Å². The van der Waals surface area contributed by atoms with E-state index in [2.05, 4.69) is 36.3 Å². The zero-order chi connectivity index (χ0) is 22.5. The van der Waals surface area contributed by atoms with E-state index in [1.807, 2.05) is 0 Å². The Hall–Kier alpha value is -1.75. The van der Waals surface area contributed by atoms with Crippen molar-refractivity contribution in [1.29, 1.82) is 0 Å². The molecule has 174 valence electrons. The van der Waals surface area contributed by atoms with Gasteiger partial charge in [-0.2, -0.15) is 5.10 Å². The number of fused-ring (bicyclic) bond motifs is 5. The van der Waals surface area contributed by atoms with Crippen molar-refractivity contribution in [3.63, 3.8) is 0 Å². The predicted octanol–water partition coefficient (Wildman–Crippen LogP) is 5.21. The summed E-state index contributed by atoms with van der Waals surface area (Å²) in [6.07, 6.45) is 14.1. The van der Waals surface area contributed by atoms with Gasteiger partial charge in [-0.05, 0) is 111 Å². The van der Waals surface area contributed by atoms with E-state index in [1.165, 1.54) is 44.9 Å². The Morgan fingerprint density at radius 1 is 1.03 bits per heavy atom. The van der Waals surface area contributed by atoms with Gasteiger partial charge in [-0.3, -0.25) is 9.78 Å². The fourth-order valence-corrected chi connectivity index (χ4v) is 8.71. The third kappa shape index (κ3) is 3.52. The zero-order valence-corrected chi connectivity index (χ0v) is 19.9. The Labute approximate surface area is 192 Å². The van der Waals surface area contributed by atoms with Crippen molar-refractivity contribution in [2.45, 2.75) is 84.7 Å². The van der Waals surface area contributed by atoms with Crippen molar-refractivity contribution in [2.24, 2.45) is 45.5 Å². The number of aliphatic hydroxyl groups is 1. The molecule has 0 unspecified atom stereocenters. The lowest BCUT2D eigenvalue weighted by Gasteiger charge is -2.61. The molecule has 4 aliphatic rings. The van der Waals surface area contributed by atoms with Gasteiger partial charge in [-0.15, -0.1) is 0 Å². The average molecular weight is 438 g/mol. The third-order valence-corrected chi connectivity index (χ3v) is 10.4. The number of aromatic nitrogens is 1. The maximum absolute atomic E-state index is 12.4. The topological polar surface area (TPSA) is 74.6 Å². The van der Waals surface area contributed by atoms with Gasteiger partial charge in [0.1, 0.15) is 0 Å². The van der Waals surface area contributed by atoms with Crippen molar-refractivity contribution in [3.8, 4) is 0 Å². The summed E-state index contributed by atoms with van der Waals surface area (Å²) in [5, 5.41) is 14.8. The van der Waals surface area contributed by atoms with E-state index < -0.39 is 0 Å². The number of pyridine rings is 1. The summed E-state index contributed by atoms with van der Waals surface area (Å²) in [5.41, 5.74) is 5.17. The molecule has 0 aromatic carbocycles. The maximum Gasteiger partial charge on any atom is 0.271 e. The highest BCUT2D eigenvalue weighted by molar-refractivity contribution is 5.95. The van der Waals surface area contributed by atoms with Gasteiger partial charge >= 0.3 is 0 Å². The van der Waals surface area contributed by atoms with E-state index in [4.69, 9.17) is 0 Å². The number of rotatable bonds is 3. The Kier molecular flexibility index (Phi) is 5.68. The Balaban J connectivity index is 1.31. The molecule has 4 fully saturated rings. The van der Waals surface area contributed by atoms with Crippen LogP contribution < -0.4 is 5.43 Å². The van der Waals surface area contributed by atoms with Crippen LogP contribution in [0.3, 0.4) is 0 Å². The molecule has 1 amide bonds. The number of carbonyl (C=O) groups excluding carboxylic acids is 1. The lowest BCUT2D eigenvalue weighted by molar-refractivity contribution is -0.123. The highest BCUT2D eigenvalue weighted by Gasteiger charge is 2.60. The first-order chi connectivity index (χ1) is 15.3. The fraction of sp³-hybridized carbons (Fsp3) is 0.741. The van der Waals surface area contributed by atoms with Crippen LogP contribution in [-0.2, 0) is 0 Å². The van der Waals surface area contributed by atoms with Crippen LogP contribution >= 0.6 is 0 Å². The summed E-state index contributed by atoms with van der Waals surface area (Å²) in [6.45, 7) is 7.17. The summed E-state index contributed by atoms with van der Waals surface area (Å²) in [4.78, 5) is 16.4. The molecule has 1 aromatic heterocycles. The van der Waals surface area contributed by atoms with E-state index in [-0.39, 0.29) is 17.4 Å². The first-order valence-electron chi connectivity index (χ1n) is 12.8. The van der Waals surface area contributed by atoms with Crippen LogP contribution in [-0.4, -0.2) is 27.8 Å². The van der Waals surface area contributed by atoms with Gasteiger partial charge in [0.25, 0.3) is 5.91 Å². The van der Waals surface area contributed by atoms with Crippen LogP contribution in [0.15, 0.2) is 29.6 Å². The molecule has 5 nitrogen and oxygen atoms in total. The molecule has 8 atom stereocenters. The molecule has 0 bridgehead atoms. The van der Waals surface area contributed by atoms with E-state index >= 15 is 0 Å². The Bertz CT molecular complexity index is 886. The van der Waals surface area contributed by atoms with E-state index in [0.29, 0.717) is 22.8 Å². The molecular weight excluding hydrogens is 398 g/mol. The van der Waals surface area contributed by atoms with Crippen molar-refractivity contribution in [1.82, 2.24) is 10.4 Å². The summed E-state index contributed by atoms with van der Waals surface area (Å²) in [7, 11) is 0. The summed E-state index contributed by atoms with van der Waals surface area (Å²) < 4.78 is 0. The largest absolute Gasteiger partial charge is 0.393 e. The quantitative estimate of drug-likeness (QED) is 0.504. The van der Waals surface area contributed by atoms with Gasteiger partial charge in [-0.1, -0.05) is 13.8 Å². The summed E-state index contributed by atoms with van der Waals surface area (Å²) in [6, 6.07) is 3.44. The third-order valence-electron chi connectivity index (χ3n) is 10.4. The van der Waals surface area contributed by atoms with Crippen LogP contribution in [0, 0.1) is 40.4 Å². The van der Waals surface area contributed by atoms with Gasteiger partial charge in [0, 0.05) is 29.6 Å². The number of hydrogen-bond acceptors (Lipinski definition) is 4. The maximum atomic E-state index is 12.4. The Morgan fingerprint density at radius 3 is 2.53 bits per heavy atom. The minimum absolute atomic E-state index is 0.0736. The molecule has 2 N–H and O–H groups in total. The molecule has 0 aliphatic heterocycles. The van der Waals surface area contributed by atoms with Crippen LogP contribution in [0.2, 0.25) is 0 Å².